The van der Waals surface area contributed by atoms with Crippen molar-refractivity contribution in [3.05, 3.63) is 62.4 Å². The quantitative estimate of drug-likeness (QED) is 0.555. The van der Waals surface area contributed by atoms with E-state index in [0.717, 1.165) is 36.2 Å². The fraction of sp³-hybridized carbons (Fsp3) is 0.417. The smallest absolute Gasteiger partial charge is 0.356 e. The lowest BCUT2D eigenvalue weighted by atomic mass is 9.78. The molecular weight excluding hydrogens is 444 g/mol. The molecular formula is C24H25ClN4O4. The molecule has 1 aromatic carbocycles. The molecule has 1 fully saturated rings. The van der Waals surface area contributed by atoms with Crippen LogP contribution in [0.1, 0.15) is 59.7 Å². The SMILES string of the molecule is Cc1cc([C@@H](C)Nc2ccc(Cl)nc2C(=O)O)c2nc3n(c(=O)c2c1)CCC31CCOCC1. The number of halogens is 1. The van der Waals surface area contributed by atoms with Gasteiger partial charge in [0, 0.05) is 30.7 Å². The zero-order valence-corrected chi connectivity index (χ0v) is 19.3. The highest BCUT2D eigenvalue weighted by Crippen LogP contribution is 2.42. The summed E-state index contributed by atoms with van der Waals surface area (Å²) in [5.74, 6) is -0.322. The van der Waals surface area contributed by atoms with Crippen LogP contribution in [0.25, 0.3) is 10.9 Å². The van der Waals surface area contributed by atoms with Gasteiger partial charge in [0.1, 0.15) is 11.0 Å². The highest BCUT2D eigenvalue weighted by atomic mass is 35.5. The maximum Gasteiger partial charge on any atom is 0.356 e. The first-order chi connectivity index (χ1) is 15.8. The largest absolute Gasteiger partial charge is 0.476 e. The summed E-state index contributed by atoms with van der Waals surface area (Å²) < 4.78 is 7.42. The first-order valence-electron chi connectivity index (χ1n) is 11.1. The van der Waals surface area contributed by atoms with Crippen LogP contribution in [-0.2, 0) is 16.7 Å². The van der Waals surface area contributed by atoms with Gasteiger partial charge in [0.15, 0.2) is 5.69 Å². The third-order valence-corrected chi connectivity index (χ3v) is 7.08. The molecule has 0 unspecified atom stereocenters. The van der Waals surface area contributed by atoms with Gasteiger partial charge in [-0.15, -0.1) is 0 Å². The minimum absolute atomic E-state index is 0.0186. The molecule has 8 nitrogen and oxygen atoms in total. The van der Waals surface area contributed by atoms with E-state index in [0.29, 0.717) is 36.3 Å². The molecule has 0 aliphatic carbocycles. The fourth-order valence-electron chi connectivity index (χ4n) is 5.14. The van der Waals surface area contributed by atoms with Gasteiger partial charge in [-0.3, -0.25) is 9.36 Å². The van der Waals surface area contributed by atoms with E-state index >= 15 is 0 Å². The number of aromatic carboxylic acids is 1. The van der Waals surface area contributed by atoms with Crippen LogP contribution >= 0.6 is 11.6 Å². The highest BCUT2D eigenvalue weighted by Gasteiger charge is 2.43. The van der Waals surface area contributed by atoms with E-state index in [1.807, 2.05) is 30.5 Å². The van der Waals surface area contributed by atoms with Gasteiger partial charge in [0.05, 0.1) is 22.6 Å². The minimum Gasteiger partial charge on any atom is -0.476 e. The van der Waals surface area contributed by atoms with Gasteiger partial charge in [0.25, 0.3) is 5.56 Å². The van der Waals surface area contributed by atoms with Crippen molar-refractivity contribution >= 4 is 34.2 Å². The number of pyridine rings is 1. The average Bonchev–Trinajstić information content (AvgIpc) is 3.13. The number of nitrogens with one attached hydrogen (secondary N) is 1. The third kappa shape index (κ3) is 3.67. The molecule has 2 aliphatic rings. The van der Waals surface area contributed by atoms with Crippen molar-refractivity contribution in [3.8, 4) is 0 Å². The molecule has 9 heteroatoms. The maximum absolute atomic E-state index is 13.5. The second kappa shape index (κ2) is 8.11. The zero-order chi connectivity index (χ0) is 23.3. The average molecular weight is 469 g/mol. The van der Waals surface area contributed by atoms with E-state index in [2.05, 4.69) is 10.3 Å². The lowest BCUT2D eigenvalue weighted by Gasteiger charge is -2.32. The Bertz CT molecular complexity index is 1330. The number of carboxylic acid groups (broad SMARTS) is 1. The van der Waals surface area contributed by atoms with Crippen LogP contribution in [0.15, 0.2) is 29.1 Å². The number of aryl methyl sites for hydroxylation is 1. The molecule has 1 atom stereocenters. The van der Waals surface area contributed by atoms with Crippen molar-refractivity contribution in [2.45, 2.75) is 51.1 Å². The Balaban J connectivity index is 1.63. The Morgan fingerprint density at radius 3 is 2.73 bits per heavy atom. The van der Waals surface area contributed by atoms with E-state index in [1.165, 1.54) is 0 Å². The molecule has 0 radical (unpaired) electrons. The molecule has 0 saturated carbocycles. The van der Waals surface area contributed by atoms with Crippen LogP contribution in [0.3, 0.4) is 0 Å². The molecule has 33 heavy (non-hydrogen) atoms. The summed E-state index contributed by atoms with van der Waals surface area (Å²) in [6.45, 7) is 5.89. The van der Waals surface area contributed by atoms with E-state index in [4.69, 9.17) is 21.3 Å². The number of aromatic nitrogens is 3. The molecule has 5 rings (SSSR count). The molecule has 0 amide bonds. The molecule has 1 spiro atoms. The number of hydrogen-bond acceptors (Lipinski definition) is 6. The van der Waals surface area contributed by atoms with E-state index in [9.17, 15) is 14.7 Å². The van der Waals surface area contributed by atoms with E-state index in [1.54, 1.807) is 12.1 Å². The van der Waals surface area contributed by atoms with Crippen LogP contribution in [0.2, 0.25) is 5.15 Å². The van der Waals surface area contributed by atoms with Crippen LogP contribution in [-0.4, -0.2) is 38.8 Å². The Hall–Kier alpha value is -2.97. The van der Waals surface area contributed by atoms with Crippen molar-refractivity contribution in [2.24, 2.45) is 0 Å². The van der Waals surface area contributed by atoms with Gasteiger partial charge in [0.2, 0.25) is 0 Å². The third-order valence-electron chi connectivity index (χ3n) is 6.87. The van der Waals surface area contributed by atoms with Crippen molar-refractivity contribution < 1.29 is 14.6 Å². The number of ether oxygens (including phenoxy) is 1. The fourth-order valence-corrected chi connectivity index (χ4v) is 5.29. The Morgan fingerprint density at radius 2 is 2.00 bits per heavy atom. The number of carboxylic acids is 1. The van der Waals surface area contributed by atoms with E-state index < -0.39 is 5.97 Å². The number of benzene rings is 1. The normalized spacial score (nSPS) is 17.8. The summed E-state index contributed by atoms with van der Waals surface area (Å²) in [6.07, 6.45) is 2.62. The van der Waals surface area contributed by atoms with Crippen LogP contribution in [0.5, 0.6) is 0 Å². The molecule has 3 aromatic rings. The number of rotatable bonds is 4. The van der Waals surface area contributed by atoms with Gasteiger partial charge in [-0.05, 0) is 56.9 Å². The Kier molecular flexibility index (Phi) is 5.37. The predicted molar refractivity (Wildman–Crippen MR) is 125 cm³/mol. The van der Waals surface area contributed by atoms with Crippen molar-refractivity contribution in [1.82, 2.24) is 14.5 Å². The Morgan fingerprint density at radius 1 is 1.24 bits per heavy atom. The lowest BCUT2D eigenvalue weighted by Crippen LogP contribution is -2.34. The van der Waals surface area contributed by atoms with Crippen LogP contribution in [0, 0.1) is 6.92 Å². The number of anilines is 1. The van der Waals surface area contributed by atoms with Gasteiger partial charge >= 0.3 is 5.97 Å². The summed E-state index contributed by atoms with van der Waals surface area (Å²) in [6, 6.07) is 6.71. The Labute approximate surface area is 195 Å². The summed E-state index contributed by atoms with van der Waals surface area (Å²) in [5, 5.41) is 13.5. The number of carbonyl (C=O) groups is 1. The minimum atomic E-state index is -1.17. The molecule has 2 N–H and O–H groups in total. The molecule has 2 aliphatic heterocycles. The topological polar surface area (TPSA) is 106 Å². The number of fused-ring (bicyclic) bond motifs is 3. The summed E-state index contributed by atoms with van der Waals surface area (Å²) in [5.41, 5.74) is 2.50. The molecule has 172 valence electrons. The number of nitrogens with zero attached hydrogens (tertiary/aromatic N) is 3. The van der Waals surface area contributed by atoms with Gasteiger partial charge in [-0.1, -0.05) is 17.7 Å². The van der Waals surface area contributed by atoms with Crippen molar-refractivity contribution in [1.29, 1.82) is 0 Å². The second-order valence-electron chi connectivity index (χ2n) is 8.99. The zero-order valence-electron chi connectivity index (χ0n) is 18.5. The molecule has 4 heterocycles. The molecule has 0 bridgehead atoms. The monoisotopic (exact) mass is 468 g/mol. The van der Waals surface area contributed by atoms with Crippen molar-refractivity contribution in [3.63, 3.8) is 0 Å². The van der Waals surface area contributed by atoms with Gasteiger partial charge in [-0.2, -0.15) is 0 Å². The van der Waals surface area contributed by atoms with E-state index in [-0.39, 0.29) is 27.9 Å². The standard InChI is InChI=1S/C24H25ClN4O4/c1-13-11-15(14(2)26-17-3-4-18(25)27-20(17)22(31)32)19-16(12-13)21(30)29-8-5-24(23(29)28-19)6-9-33-10-7-24/h3-4,11-12,14,26H,5-10H2,1-2H3,(H,31,32)/t14-/m1/s1. The van der Waals surface area contributed by atoms with Gasteiger partial charge < -0.3 is 15.2 Å². The van der Waals surface area contributed by atoms with Gasteiger partial charge in [-0.25, -0.2) is 14.8 Å². The number of hydrogen-bond donors (Lipinski definition) is 2. The summed E-state index contributed by atoms with van der Waals surface area (Å²) >= 11 is 5.90. The predicted octanol–water partition coefficient (Wildman–Crippen LogP) is 4.08. The lowest BCUT2D eigenvalue weighted by molar-refractivity contribution is 0.0492. The molecule has 2 aromatic heterocycles. The van der Waals surface area contributed by atoms with Crippen LogP contribution < -0.4 is 10.9 Å². The second-order valence-corrected chi connectivity index (χ2v) is 9.37. The maximum atomic E-state index is 13.5. The van der Waals surface area contributed by atoms with Crippen LogP contribution in [0.4, 0.5) is 5.69 Å². The highest BCUT2D eigenvalue weighted by molar-refractivity contribution is 6.29. The van der Waals surface area contributed by atoms with Crippen molar-refractivity contribution in [2.75, 3.05) is 18.5 Å². The summed E-state index contributed by atoms with van der Waals surface area (Å²) in [7, 11) is 0. The summed E-state index contributed by atoms with van der Waals surface area (Å²) in [4.78, 5) is 34.2. The first kappa shape index (κ1) is 21.9. The first-order valence-corrected chi connectivity index (χ1v) is 11.5. The molecule has 1 saturated heterocycles.